The van der Waals surface area contributed by atoms with Gasteiger partial charge in [0.05, 0.1) is 10.6 Å². The Kier molecular flexibility index (Phi) is 4.46. The van der Waals surface area contributed by atoms with Gasteiger partial charge in [0.25, 0.3) is 5.91 Å². The molecule has 138 valence electrons. The molecule has 2 aliphatic heterocycles. The van der Waals surface area contributed by atoms with E-state index in [0.717, 1.165) is 30.7 Å². The summed E-state index contributed by atoms with van der Waals surface area (Å²) >= 11 is 0. The Morgan fingerprint density at radius 2 is 1.88 bits per heavy atom. The van der Waals surface area contributed by atoms with Crippen molar-refractivity contribution in [3.05, 3.63) is 35.9 Å². The first-order chi connectivity index (χ1) is 12.5. The van der Waals surface area contributed by atoms with Crippen LogP contribution in [0.5, 0.6) is 0 Å². The first kappa shape index (κ1) is 17.5. The van der Waals surface area contributed by atoms with Gasteiger partial charge in [-0.05, 0) is 51.1 Å². The maximum absolute atomic E-state index is 12.9. The van der Waals surface area contributed by atoms with Crippen LogP contribution in [0.4, 0.5) is 5.69 Å². The van der Waals surface area contributed by atoms with E-state index in [9.17, 15) is 13.2 Å². The van der Waals surface area contributed by atoms with E-state index >= 15 is 0 Å². The minimum Gasteiger partial charge on any atom is -0.308 e. The number of carbonyl (C=O) groups excluding carboxylic acids is 1. The average molecular weight is 373 g/mol. The predicted molar refractivity (Wildman–Crippen MR) is 102 cm³/mol. The monoisotopic (exact) mass is 373 g/mol. The highest BCUT2D eigenvalue weighted by molar-refractivity contribution is 7.89. The van der Waals surface area contributed by atoms with Crippen molar-refractivity contribution in [2.45, 2.75) is 24.7 Å². The van der Waals surface area contributed by atoms with Gasteiger partial charge < -0.3 is 9.80 Å². The van der Waals surface area contributed by atoms with E-state index in [1.54, 1.807) is 35.2 Å². The summed E-state index contributed by atoms with van der Waals surface area (Å²) in [6.07, 6.45) is 2.37. The third-order valence-corrected chi connectivity index (χ3v) is 6.79. The van der Waals surface area contributed by atoms with E-state index < -0.39 is 10.0 Å². The maximum Gasteiger partial charge on any atom is 0.258 e. The number of benzene rings is 2. The minimum absolute atomic E-state index is 0.0651. The van der Waals surface area contributed by atoms with E-state index in [4.69, 9.17) is 0 Å². The van der Waals surface area contributed by atoms with Crippen molar-refractivity contribution < 1.29 is 13.2 Å². The highest BCUT2D eigenvalue weighted by Gasteiger charge is 2.31. The summed E-state index contributed by atoms with van der Waals surface area (Å²) in [5.74, 6) is -0.0651. The second-order valence-electron chi connectivity index (χ2n) is 6.81. The molecular weight excluding hydrogens is 350 g/mol. The first-order valence-corrected chi connectivity index (χ1v) is 10.6. The highest BCUT2D eigenvalue weighted by atomic mass is 32.2. The molecule has 1 saturated heterocycles. The van der Waals surface area contributed by atoms with Gasteiger partial charge in [-0.15, -0.1) is 0 Å². The van der Waals surface area contributed by atoms with Crippen molar-refractivity contribution in [2.24, 2.45) is 0 Å². The number of rotatable bonds is 6. The van der Waals surface area contributed by atoms with Crippen LogP contribution in [0.3, 0.4) is 0 Å². The van der Waals surface area contributed by atoms with Crippen molar-refractivity contribution in [2.75, 3.05) is 37.6 Å². The van der Waals surface area contributed by atoms with Crippen LogP contribution >= 0.6 is 0 Å². The molecule has 7 heteroatoms. The molecule has 2 aromatic carbocycles. The molecule has 0 aliphatic carbocycles. The number of hydrogen-bond donors (Lipinski definition) is 1. The molecule has 1 fully saturated rings. The zero-order chi connectivity index (χ0) is 18.3. The van der Waals surface area contributed by atoms with Crippen LogP contribution in [-0.4, -0.2) is 51.9 Å². The molecular formula is C19H23N3O3S. The number of nitrogens with zero attached hydrogens (tertiary/aromatic N) is 2. The molecule has 0 spiro atoms. The summed E-state index contributed by atoms with van der Waals surface area (Å²) in [4.78, 5) is 16.7. The van der Waals surface area contributed by atoms with Gasteiger partial charge in [0.15, 0.2) is 0 Å². The third-order valence-electron chi connectivity index (χ3n) is 5.27. The molecule has 0 saturated carbocycles. The zero-order valence-electron chi connectivity index (χ0n) is 14.9. The lowest BCUT2D eigenvalue weighted by molar-refractivity contribution is 0.0994. The van der Waals surface area contributed by atoms with Gasteiger partial charge in [-0.25, -0.2) is 13.1 Å². The Labute approximate surface area is 153 Å². The molecule has 2 aliphatic rings. The molecule has 26 heavy (non-hydrogen) atoms. The number of anilines is 1. The van der Waals surface area contributed by atoms with Gasteiger partial charge in [0, 0.05) is 36.0 Å². The SMILES string of the molecule is CCN1C(=O)c2cccc3c(S(=O)(=O)NCCN4CCCC4)ccc1c23. The lowest BCUT2D eigenvalue weighted by Gasteiger charge is -2.17. The number of sulfonamides is 1. The van der Waals surface area contributed by atoms with Gasteiger partial charge in [-0.2, -0.15) is 0 Å². The van der Waals surface area contributed by atoms with Crippen molar-refractivity contribution in [3.63, 3.8) is 0 Å². The Morgan fingerprint density at radius 1 is 1.12 bits per heavy atom. The lowest BCUT2D eigenvalue weighted by atomic mass is 10.1. The van der Waals surface area contributed by atoms with Crippen LogP contribution in [0, 0.1) is 0 Å². The Bertz CT molecular complexity index is 965. The van der Waals surface area contributed by atoms with Crippen LogP contribution in [-0.2, 0) is 10.0 Å². The number of likely N-dealkylation sites (tertiary alicyclic amines) is 1. The summed E-state index contributed by atoms with van der Waals surface area (Å²) in [5.41, 5.74) is 1.37. The normalized spacial score (nSPS) is 17.6. The maximum atomic E-state index is 12.9. The van der Waals surface area contributed by atoms with Gasteiger partial charge in [0.1, 0.15) is 0 Å². The van der Waals surface area contributed by atoms with Crippen LogP contribution in [0.1, 0.15) is 30.1 Å². The second kappa shape index (κ2) is 6.64. The average Bonchev–Trinajstić information content (AvgIpc) is 3.23. The topological polar surface area (TPSA) is 69.7 Å². The molecule has 4 rings (SSSR count). The van der Waals surface area contributed by atoms with Crippen molar-refractivity contribution in [3.8, 4) is 0 Å². The minimum atomic E-state index is -3.63. The van der Waals surface area contributed by atoms with Crippen molar-refractivity contribution in [1.29, 1.82) is 0 Å². The van der Waals surface area contributed by atoms with Gasteiger partial charge in [-0.1, -0.05) is 12.1 Å². The number of carbonyl (C=O) groups is 1. The quantitative estimate of drug-likeness (QED) is 0.843. The fourth-order valence-corrected chi connectivity index (χ4v) is 5.21. The molecule has 1 N–H and O–H groups in total. The second-order valence-corrected chi connectivity index (χ2v) is 8.54. The van der Waals surface area contributed by atoms with Crippen LogP contribution in [0.2, 0.25) is 0 Å². The van der Waals surface area contributed by atoms with Crippen molar-refractivity contribution in [1.82, 2.24) is 9.62 Å². The van der Waals surface area contributed by atoms with E-state index in [2.05, 4.69) is 9.62 Å². The van der Waals surface area contributed by atoms with Gasteiger partial charge >= 0.3 is 0 Å². The summed E-state index contributed by atoms with van der Waals surface area (Å²) < 4.78 is 28.5. The van der Waals surface area contributed by atoms with E-state index in [-0.39, 0.29) is 10.8 Å². The molecule has 2 heterocycles. The molecule has 0 bridgehead atoms. The summed E-state index contributed by atoms with van der Waals surface area (Å²) in [7, 11) is -3.63. The molecule has 0 atom stereocenters. The number of amides is 1. The summed E-state index contributed by atoms with van der Waals surface area (Å²) in [6, 6.07) is 8.66. The molecule has 0 radical (unpaired) electrons. The van der Waals surface area contributed by atoms with Crippen LogP contribution in [0.15, 0.2) is 35.2 Å². The van der Waals surface area contributed by atoms with Gasteiger partial charge in [0.2, 0.25) is 10.0 Å². The first-order valence-electron chi connectivity index (χ1n) is 9.12. The molecule has 0 aromatic heterocycles. The molecule has 1 amide bonds. The summed E-state index contributed by atoms with van der Waals surface area (Å²) in [6.45, 7) is 5.67. The Balaban J connectivity index is 1.67. The fraction of sp³-hybridized carbons (Fsp3) is 0.421. The Hall–Kier alpha value is -1.96. The fourth-order valence-electron chi connectivity index (χ4n) is 3.99. The Morgan fingerprint density at radius 3 is 2.62 bits per heavy atom. The van der Waals surface area contributed by atoms with Gasteiger partial charge in [-0.3, -0.25) is 4.79 Å². The van der Waals surface area contributed by atoms with Crippen molar-refractivity contribution >= 4 is 32.4 Å². The van der Waals surface area contributed by atoms with E-state index in [1.807, 2.05) is 6.92 Å². The summed E-state index contributed by atoms with van der Waals surface area (Å²) in [5, 5.41) is 1.35. The molecule has 2 aromatic rings. The third kappa shape index (κ3) is 2.80. The van der Waals surface area contributed by atoms with Crippen LogP contribution in [0.25, 0.3) is 10.8 Å². The highest BCUT2D eigenvalue weighted by Crippen LogP contribution is 2.39. The molecule has 0 unspecified atom stereocenters. The van der Waals surface area contributed by atoms with Crippen LogP contribution < -0.4 is 9.62 Å². The molecule has 6 nitrogen and oxygen atoms in total. The number of hydrogen-bond acceptors (Lipinski definition) is 4. The standard InChI is InChI=1S/C19H23N3O3S/c1-2-22-16-8-9-17(14-6-5-7-15(18(14)16)19(22)23)26(24,25)20-10-13-21-11-3-4-12-21/h5-9,20H,2-4,10-13H2,1H3. The van der Waals surface area contributed by atoms with E-state index in [0.29, 0.717) is 24.0 Å². The largest absolute Gasteiger partial charge is 0.308 e. The van der Waals surface area contributed by atoms with E-state index in [1.165, 1.54) is 12.8 Å². The zero-order valence-corrected chi connectivity index (χ0v) is 15.7. The predicted octanol–water partition coefficient (Wildman–Crippen LogP) is 2.19. The lowest BCUT2D eigenvalue weighted by Crippen LogP contribution is -2.33. The smallest absolute Gasteiger partial charge is 0.258 e. The number of nitrogens with one attached hydrogen (secondary N) is 1.